The number of aryl methyl sites for hydroxylation is 1. The molecule has 72 valence electrons. The van der Waals surface area contributed by atoms with Crippen LogP contribution in [0.3, 0.4) is 0 Å². The summed E-state index contributed by atoms with van der Waals surface area (Å²) in [6.07, 6.45) is 0.725. The van der Waals surface area contributed by atoms with Gasteiger partial charge >= 0.3 is 5.97 Å². The molecule has 1 aromatic heterocycles. The van der Waals surface area contributed by atoms with Crippen LogP contribution in [0.15, 0.2) is 11.4 Å². The van der Waals surface area contributed by atoms with E-state index in [0.717, 1.165) is 10.6 Å². The Labute approximate surface area is 81.0 Å². The van der Waals surface area contributed by atoms with Crippen molar-refractivity contribution in [2.24, 2.45) is 0 Å². The summed E-state index contributed by atoms with van der Waals surface area (Å²) in [5.74, 6) is 0.0598. The highest BCUT2D eigenvalue weighted by Gasteiger charge is 2.06. The van der Waals surface area contributed by atoms with Crippen LogP contribution in [0.5, 0.6) is 5.75 Å². The normalized spacial score (nSPS) is 9.92. The van der Waals surface area contributed by atoms with E-state index >= 15 is 0 Å². The second-order valence-electron chi connectivity index (χ2n) is 2.53. The van der Waals surface area contributed by atoms with Gasteiger partial charge in [0.15, 0.2) is 0 Å². The molecule has 0 aliphatic rings. The maximum atomic E-state index is 10.3. The molecule has 0 unspecified atom stereocenters. The van der Waals surface area contributed by atoms with Gasteiger partial charge in [0, 0.05) is 4.88 Å². The van der Waals surface area contributed by atoms with Gasteiger partial charge in [-0.05, 0) is 24.8 Å². The van der Waals surface area contributed by atoms with Crippen LogP contribution in [0.1, 0.15) is 18.2 Å². The monoisotopic (exact) mass is 200 g/mol. The Morgan fingerprint density at radius 1 is 1.69 bits per heavy atom. The lowest BCUT2D eigenvalue weighted by molar-refractivity contribution is -0.136. The van der Waals surface area contributed by atoms with Crippen molar-refractivity contribution in [1.82, 2.24) is 0 Å². The molecule has 0 saturated heterocycles. The minimum atomic E-state index is -0.768. The summed E-state index contributed by atoms with van der Waals surface area (Å²) in [7, 11) is 0. The Hall–Kier alpha value is -1.03. The lowest BCUT2D eigenvalue weighted by Crippen LogP contribution is -1.98. The summed E-state index contributed by atoms with van der Waals surface area (Å²) in [6, 6.07) is 1.88. The molecule has 13 heavy (non-hydrogen) atoms. The van der Waals surface area contributed by atoms with Gasteiger partial charge in [0.1, 0.15) is 5.75 Å². The molecular formula is C9H12O3S. The number of carbonyl (C=O) groups is 1. The first-order valence-corrected chi connectivity index (χ1v) is 5.03. The van der Waals surface area contributed by atoms with E-state index < -0.39 is 5.97 Å². The number of hydrogen-bond donors (Lipinski definition) is 1. The summed E-state index contributed by atoms with van der Waals surface area (Å²) in [5.41, 5.74) is 0. The summed E-state index contributed by atoms with van der Waals surface area (Å²) in [5, 5.41) is 10.4. The lowest BCUT2D eigenvalue weighted by atomic mass is 10.2. The number of thiophene rings is 1. The molecule has 0 fully saturated rings. The van der Waals surface area contributed by atoms with E-state index in [4.69, 9.17) is 9.84 Å². The molecule has 1 N–H and O–H groups in total. The molecule has 1 aromatic rings. The molecular weight excluding hydrogens is 188 g/mol. The predicted octanol–water partition coefficient (Wildman–Crippen LogP) is 2.16. The molecule has 4 heteroatoms. The van der Waals surface area contributed by atoms with E-state index in [1.807, 2.05) is 18.4 Å². The lowest BCUT2D eigenvalue weighted by Gasteiger charge is -2.02. The summed E-state index contributed by atoms with van der Waals surface area (Å²) in [6.45, 7) is 2.54. The zero-order chi connectivity index (χ0) is 9.68. The summed E-state index contributed by atoms with van der Waals surface area (Å²) < 4.78 is 5.33. The van der Waals surface area contributed by atoms with Gasteiger partial charge in [-0.1, -0.05) is 0 Å². The minimum absolute atomic E-state index is 0.167. The van der Waals surface area contributed by atoms with Crippen LogP contribution in [-0.4, -0.2) is 17.7 Å². The van der Waals surface area contributed by atoms with Crippen molar-refractivity contribution in [3.05, 3.63) is 16.3 Å². The van der Waals surface area contributed by atoms with Crippen molar-refractivity contribution in [2.45, 2.75) is 19.8 Å². The number of rotatable bonds is 5. The molecule has 3 nitrogen and oxygen atoms in total. The minimum Gasteiger partial charge on any atom is -0.493 e. The fourth-order valence-corrected chi connectivity index (χ4v) is 1.83. The fourth-order valence-electron chi connectivity index (χ4n) is 1.02. The van der Waals surface area contributed by atoms with Crippen LogP contribution < -0.4 is 4.74 Å². The van der Waals surface area contributed by atoms with Gasteiger partial charge in [0.05, 0.1) is 13.0 Å². The third-order valence-electron chi connectivity index (χ3n) is 1.57. The van der Waals surface area contributed by atoms with Crippen LogP contribution in [0.2, 0.25) is 0 Å². The molecule has 0 aliphatic carbocycles. The number of carboxylic acids is 1. The topological polar surface area (TPSA) is 46.5 Å². The largest absolute Gasteiger partial charge is 0.493 e. The third kappa shape index (κ3) is 3.06. The maximum absolute atomic E-state index is 10.3. The van der Waals surface area contributed by atoms with E-state index in [1.54, 1.807) is 11.3 Å². The van der Waals surface area contributed by atoms with E-state index in [1.165, 1.54) is 0 Å². The van der Waals surface area contributed by atoms with E-state index in [0.29, 0.717) is 13.0 Å². The van der Waals surface area contributed by atoms with Crippen molar-refractivity contribution in [3.63, 3.8) is 0 Å². The molecule has 1 rings (SSSR count). The Balaban J connectivity index is 2.54. The third-order valence-corrected chi connectivity index (χ3v) is 2.53. The first-order valence-electron chi connectivity index (χ1n) is 4.15. The van der Waals surface area contributed by atoms with Crippen LogP contribution >= 0.6 is 11.3 Å². The number of aliphatic carboxylic acids is 1. The van der Waals surface area contributed by atoms with Crippen molar-refractivity contribution < 1.29 is 14.6 Å². The zero-order valence-corrected chi connectivity index (χ0v) is 8.26. The predicted molar refractivity (Wildman–Crippen MR) is 51.4 cm³/mol. The van der Waals surface area contributed by atoms with Gasteiger partial charge in [-0.3, -0.25) is 4.79 Å². The number of carboxylic acid groups (broad SMARTS) is 1. The van der Waals surface area contributed by atoms with Crippen LogP contribution in [0.4, 0.5) is 0 Å². The first kappa shape index (κ1) is 10.1. The number of ether oxygens (including phenoxy) is 1. The van der Waals surface area contributed by atoms with Gasteiger partial charge in [0.2, 0.25) is 0 Å². The van der Waals surface area contributed by atoms with Gasteiger partial charge in [0.25, 0.3) is 0 Å². The maximum Gasteiger partial charge on any atom is 0.303 e. The number of hydrogen-bond acceptors (Lipinski definition) is 3. The van der Waals surface area contributed by atoms with Crippen molar-refractivity contribution in [1.29, 1.82) is 0 Å². The Morgan fingerprint density at radius 2 is 2.46 bits per heavy atom. The molecule has 0 amide bonds. The quantitative estimate of drug-likeness (QED) is 0.792. The van der Waals surface area contributed by atoms with Crippen LogP contribution in [0, 0.1) is 0 Å². The average Bonchev–Trinajstić information content (AvgIpc) is 2.49. The molecule has 1 heterocycles. The summed E-state index contributed by atoms with van der Waals surface area (Å²) >= 11 is 1.54. The van der Waals surface area contributed by atoms with Crippen LogP contribution in [0.25, 0.3) is 0 Å². The van der Waals surface area contributed by atoms with E-state index in [-0.39, 0.29) is 6.42 Å². The Kier molecular flexibility index (Phi) is 3.76. The van der Waals surface area contributed by atoms with Gasteiger partial charge in [-0.2, -0.15) is 0 Å². The molecule has 0 radical (unpaired) electrons. The highest BCUT2D eigenvalue weighted by Crippen LogP contribution is 2.25. The molecule has 0 aliphatic heterocycles. The van der Waals surface area contributed by atoms with Gasteiger partial charge < -0.3 is 9.84 Å². The van der Waals surface area contributed by atoms with Gasteiger partial charge in [-0.25, -0.2) is 0 Å². The standard InChI is InChI=1S/C9H12O3S/c1-2-12-7-5-6-13-8(7)3-4-9(10)11/h5-6H,2-4H2,1H3,(H,10,11). The molecule has 0 spiro atoms. The van der Waals surface area contributed by atoms with Crippen molar-refractivity contribution >= 4 is 17.3 Å². The second kappa shape index (κ2) is 4.87. The molecule has 0 bridgehead atoms. The average molecular weight is 200 g/mol. The van der Waals surface area contributed by atoms with Gasteiger partial charge in [-0.15, -0.1) is 11.3 Å². The molecule has 0 aromatic carbocycles. The fraction of sp³-hybridized carbons (Fsp3) is 0.444. The molecule has 0 atom stereocenters. The van der Waals surface area contributed by atoms with E-state index in [9.17, 15) is 4.79 Å². The van der Waals surface area contributed by atoms with Crippen LogP contribution in [-0.2, 0) is 11.2 Å². The van der Waals surface area contributed by atoms with E-state index in [2.05, 4.69) is 0 Å². The van der Waals surface area contributed by atoms with Crippen molar-refractivity contribution in [2.75, 3.05) is 6.61 Å². The summed E-state index contributed by atoms with van der Waals surface area (Å²) in [4.78, 5) is 11.3. The first-order chi connectivity index (χ1) is 6.24. The Bertz CT molecular complexity index is 280. The zero-order valence-electron chi connectivity index (χ0n) is 7.45. The highest BCUT2D eigenvalue weighted by molar-refractivity contribution is 7.10. The molecule has 0 saturated carbocycles. The smallest absolute Gasteiger partial charge is 0.303 e. The Morgan fingerprint density at radius 3 is 3.08 bits per heavy atom. The van der Waals surface area contributed by atoms with Crippen molar-refractivity contribution in [3.8, 4) is 5.75 Å². The highest BCUT2D eigenvalue weighted by atomic mass is 32.1. The second-order valence-corrected chi connectivity index (χ2v) is 3.54. The SMILES string of the molecule is CCOc1ccsc1CCC(=O)O.